The minimum atomic E-state index is 0.223. The number of rotatable bonds is 3. The van der Waals surface area contributed by atoms with Gasteiger partial charge in [0.1, 0.15) is 17.3 Å². The van der Waals surface area contributed by atoms with Gasteiger partial charge in [-0.1, -0.05) is 12.0 Å². The van der Waals surface area contributed by atoms with Crippen molar-refractivity contribution in [3.05, 3.63) is 47.2 Å². The van der Waals surface area contributed by atoms with E-state index in [1.165, 1.54) is 24.8 Å². The van der Waals surface area contributed by atoms with Gasteiger partial charge in [0.15, 0.2) is 0 Å². The molecule has 25 heavy (non-hydrogen) atoms. The van der Waals surface area contributed by atoms with Gasteiger partial charge >= 0.3 is 0 Å². The molecule has 1 aromatic carbocycles. The summed E-state index contributed by atoms with van der Waals surface area (Å²) in [6.45, 7) is 2.07. The topological polar surface area (TPSA) is 70.1 Å². The average molecular weight is 334 g/mol. The summed E-state index contributed by atoms with van der Waals surface area (Å²) >= 11 is 0. The number of benzene rings is 1. The van der Waals surface area contributed by atoms with E-state index in [1.54, 1.807) is 18.2 Å². The fraction of sp³-hybridized carbons (Fsp3) is 0.400. The number of aromatic nitrogens is 2. The van der Waals surface area contributed by atoms with Crippen LogP contribution >= 0.6 is 0 Å². The van der Waals surface area contributed by atoms with Crippen LogP contribution in [0.2, 0.25) is 0 Å². The van der Waals surface area contributed by atoms with E-state index < -0.39 is 0 Å². The summed E-state index contributed by atoms with van der Waals surface area (Å²) < 4.78 is 0. The van der Waals surface area contributed by atoms with E-state index >= 15 is 0 Å². The van der Waals surface area contributed by atoms with Gasteiger partial charge in [0.05, 0.1) is 0 Å². The summed E-state index contributed by atoms with van der Waals surface area (Å²) in [4.78, 5) is 0. The van der Waals surface area contributed by atoms with Crippen LogP contribution in [0.15, 0.2) is 30.3 Å². The summed E-state index contributed by atoms with van der Waals surface area (Å²) in [6, 6.07) is 9.50. The van der Waals surface area contributed by atoms with Gasteiger partial charge < -0.3 is 15.7 Å². The second kappa shape index (κ2) is 7.12. The molecule has 0 spiro atoms. The minimum absolute atomic E-state index is 0.223. The lowest BCUT2D eigenvalue weighted by molar-refractivity contribution is 0.475. The van der Waals surface area contributed by atoms with Crippen molar-refractivity contribution in [3.8, 4) is 17.6 Å². The summed E-state index contributed by atoms with van der Waals surface area (Å²) in [5, 5.41) is 25.2. The number of anilines is 1. The Morgan fingerprint density at radius 2 is 2.04 bits per heavy atom. The molecule has 1 aliphatic heterocycles. The van der Waals surface area contributed by atoms with Gasteiger partial charge in [-0.25, -0.2) is 0 Å². The molecule has 1 aromatic heterocycles. The predicted octanol–water partition coefficient (Wildman–Crippen LogP) is 2.62. The second-order valence-corrected chi connectivity index (χ2v) is 6.80. The molecular weight excluding hydrogens is 312 g/mol. The Hall–Kier alpha value is -2.58. The molecule has 4 rings (SSSR count). The van der Waals surface area contributed by atoms with Crippen LogP contribution < -0.4 is 10.6 Å². The van der Waals surface area contributed by atoms with Gasteiger partial charge in [0.25, 0.3) is 0 Å². The van der Waals surface area contributed by atoms with Crippen molar-refractivity contribution in [2.45, 2.75) is 37.6 Å². The highest BCUT2D eigenvalue weighted by molar-refractivity contribution is 5.50. The minimum Gasteiger partial charge on any atom is -0.508 e. The normalized spacial score (nSPS) is 19.8. The summed E-state index contributed by atoms with van der Waals surface area (Å²) in [7, 11) is 0. The molecule has 2 aromatic rings. The van der Waals surface area contributed by atoms with Crippen molar-refractivity contribution >= 4 is 5.82 Å². The maximum atomic E-state index is 9.55. The second-order valence-electron chi connectivity index (χ2n) is 6.80. The summed E-state index contributed by atoms with van der Waals surface area (Å²) in [5.41, 5.74) is 2.71. The fourth-order valence-corrected chi connectivity index (χ4v) is 3.18. The van der Waals surface area contributed by atoms with E-state index in [2.05, 4.69) is 38.7 Å². The van der Waals surface area contributed by atoms with Crippen molar-refractivity contribution in [1.29, 1.82) is 0 Å². The molecule has 1 aliphatic carbocycles. The van der Waals surface area contributed by atoms with Crippen LogP contribution in [0.3, 0.4) is 0 Å². The van der Waals surface area contributed by atoms with Crippen LogP contribution in [-0.4, -0.2) is 34.4 Å². The Morgan fingerprint density at radius 3 is 2.80 bits per heavy atom. The first-order valence-corrected chi connectivity index (χ1v) is 8.94. The molecule has 1 saturated carbocycles. The number of nitrogens with zero attached hydrogens (tertiary/aromatic N) is 2. The molecule has 1 unspecified atom stereocenters. The van der Waals surface area contributed by atoms with Crippen molar-refractivity contribution in [3.63, 3.8) is 0 Å². The highest BCUT2D eigenvalue weighted by atomic mass is 16.3. The van der Waals surface area contributed by atoms with Gasteiger partial charge in [-0.05, 0) is 73.9 Å². The Kier molecular flexibility index (Phi) is 4.53. The van der Waals surface area contributed by atoms with Crippen molar-refractivity contribution in [1.82, 2.24) is 15.5 Å². The number of phenolic OH excluding ortho intramolecular Hbond substituents is 1. The Labute approximate surface area is 147 Å². The molecule has 5 heteroatoms. The van der Waals surface area contributed by atoms with Gasteiger partial charge in [0.2, 0.25) is 0 Å². The SMILES string of the molecule is Oc1cccc(C#Cc2nnc(NC3CCCNC3)cc2C2CC2)c1. The molecule has 5 nitrogen and oxygen atoms in total. The van der Waals surface area contributed by atoms with Gasteiger partial charge in [-0.15, -0.1) is 10.2 Å². The monoisotopic (exact) mass is 334 g/mol. The molecule has 0 amide bonds. The van der Waals surface area contributed by atoms with Crippen LogP contribution in [0.5, 0.6) is 5.75 Å². The summed E-state index contributed by atoms with van der Waals surface area (Å²) in [6.07, 6.45) is 4.73. The molecule has 0 bridgehead atoms. The fourth-order valence-electron chi connectivity index (χ4n) is 3.18. The number of phenols is 1. The third-order valence-electron chi connectivity index (χ3n) is 4.66. The Balaban J connectivity index is 1.56. The zero-order valence-corrected chi connectivity index (χ0v) is 14.1. The molecule has 0 radical (unpaired) electrons. The van der Waals surface area contributed by atoms with Gasteiger partial charge in [0, 0.05) is 18.2 Å². The Bertz CT molecular complexity index is 814. The number of nitrogens with one attached hydrogen (secondary N) is 2. The van der Waals surface area contributed by atoms with Crippen LogP contribution in [0, 0.1) is 11.8 Å². The number of hydrogen-bond acceptors (Lipinski definition) is 5. The first kappa shape index (κ1) is 15.9. The lowest BCUT2D eigenvalue weighted by Crippen LogP contribution is -2.38. The van der Waals surface area contributed by atoms with E-state index in [0.29, 0.717) is 12.0 Å². The quantitative estimate of drug-likeness (QED) is 0.753. The van der Waals surface area contributed by atoms with E-state index in [9.17, 15) is 5.11 Å². The van der Waals surface area contributed by atoms with Gasteiger partial charge in [-0.3, -0.25) is 0 Å². The highest BCUT2D eigenvalue weighted by Crippen LogP contribution is 2.41. The highest BCUT2D eigenvalue weighted by Gasteiger charge is 2.27. The molecule has 2 heterocycles. The molecule has 2 fully saturated rings. The lowest BCUT2D eigenvalue weighted by Gasteiger charge is -2.24. The first-order valence-electron chi connectivity index (χ1n) is 8.94. The van der Waals surface area contributed by atoms with Crippen molar-refractivity contribution in [2.24, 2.45) is 0 Å². The first-order chi connectivity index (χ1) is 12.3. The number of hydrogen-bond donors (Lipinski definition) is 3. The van der Waals surface area contributed by atoms with Crippen molar-refractivity contribution in [2.75, 3.05) is 18.4 Å². The van der Waals surface area contributed by atoms with Gasteiger partial charge in [-0.2, -0.15) is 0 Å². The molecule has 1 saturated heterocycles. The zero-order valence-electron chi connectivity index (χ0n) is 14.1. The number of aromatic hydroxyl groups is 1. The largest absolute Gasteiger partial charge is 0.508 e. The average Bonchev–Trinajstić information content (AvgIpc) is 3.47. The maximum absolute atomic E-state index is 9.55. The van der Waals surface area contributed by atoms with E-state index in [4.69, 9.17) is 0 Å². The third-order valence-corrected chi connectivity index (χ3v) is 4.66. The van der Waals surface area contributed by atoms with E-state index in [-0.39, 0.29) is 5.75 Å². The van der Waals surface area contributed by atoms with E-state index in [1.807, 2.05) is 6.07 Å². The van der Waals surface area contributed by atoms with Crippen LogP contribution in [0.25, 0.3) is 0 Å². The molecule has 2 aliphatic rings. The van der Waals surface area contributed by atoms with Crippen LogP contribution in [-0.2, 0) is 0 Å². The molecule has 3 N–H and O–H groups in total. The van der Waals surface area contributed by atoms with Crippen LogP contribution in [0.4, 0.5) is 5.82 Å². The van der Waals surface area contributed by atoms with Crippen molar-refractivity contribution < 1.29 is 5.11 Å². The zero-order chi connectivity index (χ0) is 17.1. The maximum Gasteiger partial charge on any atom is 0.149 e. The Morgan fingerprint density at radius 1 is 1.12 bits per heavy atom. The number of piperidine rings is 1. The predicted molar refractivity (Wildman–Crippen MR) is 97.6 cm³/mol. The van der Waals surface area contributed by atoms with Crippen LogP contribution in [0.1, 0.15) is 48.4 Å². The molecular formula is C20H22N4O. The summed E-state index contributed by atoms with van der Waals surface area (Å²) in [5.74, 6) is 7.84. The van der Waals surface area contributed by atoms with E-state index in [0.717, 1.165) is 36.6 Å². The third kappa shape index (κ3) is 4.09. The molecule has 1 atom stereocenters. The smallest absolute Gasteiger partial charge is 0.149 e. The molecule has 128 valence electrons. The standard InChI is InChI=1S/C20H22N4O/c25-17-5-1-3-14(11-17)6-9-19-18(15-7-8-15)12-20(24-23-19)22-16-4-2-10-21-13-16/h1,3,5,11-12,15-16,21,25H,2,4,7-8,10,13H2,(H,22,24). The lowest BCUT2D eigenvalue weighted by atomic mass is 10.1.